The Bertz CT molecular complexity index is 252. The summed E-state index contributed by atoms with van der Waals surface area (Å²) in [6.07, 6.45) is 2.48. The summed E-state index contributed by atoms with van der Waals surface area (Å²) in [6.45, 7) is 3.84. The van der Waals surface area contributed by atoms with Crippen LogP contribution in [0, 0.1) is 0 Å². The summed E-state index contributed by atoms with van der Waals surface area (Å²) in [5.41, 5.74) is 6.33. The first-order valence-electron chi connectivity index (χ1n) is 4.45. The Morgan fingerprint density at radius 1 is 1.54 bits per heavy atom. The highest BCUT2D eigenvalue weighted by molar-refractivity contribution is 5.01. The molecule has 0 aromatic carbocycles. The third-order valence-electron chi connectivity index (χ3n) is 1.65. The van der Waals surface area contributed by atoms with Crippen molar-refractivity contribution in [1.29, 1.82) is 0 Å². The number of nitrogens with zero attached hydrogens (tertiary/aromatic N) is 2. The molecule has 0 aliphatic rings. The van der Waals surface area contributed by atoms with Gasteiger partial charge in [-0.05, 0) is 13.0 Å². The molecule has 0 aliphatic carbocycles. The van der Waals surface area contributed by atoms with Crippen LogP contribution in [-0.2, 0) is 17.7 Å². The number of hydrogen-bond donors (Lipinski definition) is 1. The fraction of sp³-hybridized carbons (Fsp3) is 0.556. The van der Waals surface area contributed by atoms with E-state index in [0.717, 1.165) is 24.5 Å². The fourth-order valence-corrected chi connectivity index (χ4v) is 0.983. The maximum atomic E-state index is 5.45. The largest absolute Gasteiger partial charge is 0.381 e. The van der Waals surface area contributed by atoms with E-state index in [1.54, 1.807) is 6.20 Å². The van der Waals surface area contributed by atoms with Gasteiger partial charge in [-0.15, -0.1) is 0 Å². The molecule has 1 aromatic heterocycles. The molecule has 13 heavy (non-hydrogen) atoms. The van der Waals surface area contributed by atoms with Crippen molar-refractivity contribution in [2.45, 2.75) is 19.9 Å². The van der Waals surface area contributed by atoms with E-state index in [9.17, 15) is 0 Å². The van der Waals surface area contributed by atoms with Gasteiger partial charge in [-0.2, -0.15) is 0 Å². The topological polar surface area (TPSA) is 61.0 Å². The van der Waals surface area contributed by atoms with Crippen molar-refractivity contribution in [3.05, 3.63) is 23.8 Å². The van der Waals surface area contributed by atoms with Crippen molar-refractivity contribution in [2.75, 3.05) is 13.2 Å². The standard InChI is InChI=1S/C9H15N3O/c1-2-13-6-4-9-11-5-3-8(7-10)12-9/h3,5H,2,4,6-7,10H2,1H3. The number of nitrogens with two attached hydrogens (primary N) is 1. The number of rotatable bonds is 5. The van der Waals surface area contributed by atoms with Gasteiger partial charge in [0.2, 0.25) is 0 Å². The second-order valence-corrected chi connectivity index (χ2v) is 2.62. The zero-order chi connectivity index (χ0) is 9.52. The Balaban J connectivity index is 2.46. The van der Waals surface area contributed by atoms with Crippen LogP contribution < -0.4 is 5.73 Å². The van der Waals surface area contributed by atoms with Crippen molar-refractivity contribution in [3.63, 3.8) is 0 Å². The van der Waals surface area contributed by atoms with E-state index in [0.29, 0.717) is 13.2 Å². The first kappa shape index (κ1) is 10.1. The van der Waals surface area contributed by atoms with E-state index < -0.39 is 0 Å². The Labute approximate surface area is 78.1 Å². The molecule has 0 spiro atoms. The maximum Gasteiger partial charge on any atom is 0.130 e. The summed E-state index contributed by atoms with van der Waals surface area (Å²) in [7, 11) is 0. The number of hydrogen-bond acceptors (Lipinski definition) is 4. The van der Waals surface area contributed by atoms with Crippen LogP contribution in [-0.4, -0.2) is 23.2 Å². The van der Waals surface area contributed by atoms with E-state index in [2.05, 4.69) is 9.97 Å². The monoisotopic (exact) mass is 181 g/mol. The van der Waals surface area contributed by atoms with Gasteiger partial charge in [-0.25, -0.2) is 9.97 Å². The normalized spacial score (nSPS) is 10.3. The summed E-state index contributed by atoms with van der Waals surface area (Å²) in [5.74, 6) is 0.802. The van der Waals surface area contributed by atoms with Gasteiger partial charge < -0.3 is 10.5 Å². The molecule has 72 valence electrons. The van der Waals surface area contributed by atoms with Crippen LogP contribution in [0.2, 0.25) is 0 Å². The predicted molar refractivity (Wildman–Crippen MR) is 50.1 cm³/mol. The van der Waals surface area contributed by atoms with E-state index in [-0.39, 0.29) is 0 Å². The fourth-order valence-electron chi connectivity index (χ4n) is 0.983. The van der Waals surface area contributed by atoms with Crippen molar-refractivity contribution < 1.29 is 4.74 Å². The molecule has 4 heteroatoms. The van der Waals surface area contributed by atoms with E-state index >= 15 is 0 Å². The third-order valence-corrected chi connectivity index (χ3v) is 1.65. The van der Waals surface area contributed by atoms with Crippen LogP contribution in [0.15, 0.2) is 12.3 Å². The van der Waals surface area contributed by atoms with Crippen molar-refractivity contribution in [1.82, 2.24) is 9.97 Å². The smallest absolute Gasteiger partial charge is 0.130 e. The Morgan fingerprint density at radius 3 is 3.08 bits per heavy atom. The predicted octanol–water partition coefficient (Wildman–Crippen LogP) is 0.514. The van der Waals surface area contributed by atoms with E-state index in [1.165, 1.54) is 0 Å². The SMILES string of the molecule is CCOCCc1nccc(CN)n1. The zero-order valence-corrected chi connectivity index (χ0v) is 7.86. The lowest BCUT2D eigenvalue weighted by Crippen LogP contribution is -2.06. The van der Waals surface area contributed by atoms with Crippen LogP contribution >= 0.6 is 0 Å². The van der Waals surface area contributed by atoms with Gasteiger partial charge in [0.1, 0.15) is 5.82 Å². The number of aromatic nitrogens is 2. The molecule has 0 saturated heterocycles. The summed E-state index contributed by atoms with van der Waals surface area (Å²) in [4.78, 5) is 8.36. The average molecular weight is 181 g/mol. The minimum atomic E-state index is 0.462. The zero-order valence-electron chi connectivity index (χ0n) is 7.86. The second-order valence-electron chi connectivity index (χ2n) is 2.62. The van der Waals surface area contributed by atoms with Crippen LogP contribution in [0.3, 0.4) is 0 Å². The van der Waals surface area contributed by atoms with Crippen molar-refractivity contribution in [2.24, 2.45) is 5.73 Å². The van der Waals surface area contributed by atoms with Crippen LogP contribution in [0.25, 0.3) is 0 Å². The van der Waals surface area contributed by atoms with Crippen LogP contribution in [0.1, 0.15) is 18.4 Å². The molecule has 0 unspecified atom stereocenters. The minimum absolute atomic E-state index is 0.462. The molecular weight excluding hydrogens is 166 g/mol. The molecule has 0 radical (unpaired) electrons. The van der Waals surface area contributed by atoms with E-state index in [4.69, 9.17) is 10.5 Å². The highest BCUT2D eigenvalue weighted by atomic mass is 16.5. The van der Waals surface area contributed by atoms with Gasteiger partial charge >= 0.3 is 0 Å². The first-order valence-corrected chi connectivity index (χ1v) is 4.45. The quantitative estimate of drug-likeness (QED) is 0.672. The molecular formula is C9H15N3O. The molecule has 0 aliphatic heterocycles. The molecule has 0 saturated carbocycles. The Kier molecular flexibility index (Phi) is 4.35. The highest BCUT2D eigenvalue weighted by Crippen LogP contribution is 1.95. The van der Waals surface area contributed by atoms with Gasteiger partial charge in [-0.1, -0.05) is 0 Å². The molecule has 1 rings (SSSR count). The number of ether oxygens (including phenoxy) is 1. The second kappa shape index (κ2) is 5.61. The molecule has 2 N–H and O–H groups in total. The molecule has 0 atom stereocenters. The van der Waals surface area contributed by atoms with Gasteiger partial charge in [0.25, 0.3) is 0 Å². The third kappa shape index (κ3) is 3.48. The Hall–Kier alpha value is -1.00. The lowest BCUT2D eigenvalue weighted by atomic mass is 10.3. The molecule has 0 amide bonds. The van der Waals surface area contributed by atoms with Crippen molar-refractivity contribution in [3.8, 4) is 0 Å². The summed E-state index contributed by atoms with van der Waals surface area (Å²) in [6, 6.07) is 1.82. The van der Waals surface area contributed by atoms with Gasteiger partial charge in [0, 0.05) is 25.8 Å². The van der Waals surface area contributed by atoms with Crippen LogP contribution in [0.5, 0.6) is 0 Å². The van der Waals surface area contributed by atoms with Gasteiger partial charge in [0.15, 0.2) is 0 Å². The summed E-state index contributed by atoms with van der Waals surface area (Å²) < 4.78 is 5.20. The molecule has 0 fully saturated rings. The van der Waals surface area contributed by atoms with Gasteiger partial charge in [0.05, 0.1) is 12.3 Å². The average Bonchev–Trinajstić information content (AvgIpc) is 2.19. The first-order chi connectivity index (χ1) is 6.36. The lowest BCUT2D eigenvalue weighted by Gasteiger charge is -2.01. The van der Waals surface area contributed by atoms with Gasteiger partial charge in [-0.3, -0.25) is 0 Å². The van der Waals surface area contributed by atoms with Crippen LogP contribution in [0.4, 0.5) is 0 Å². The molecule has 4 nitrogen and oxygen atoms in total. The molecule has 1 aromatic rings. The molecule has 1 heterocycles. The summed E-state index contributed by atoms with van der Waals surface area (Å²) in [5, 5.41) is 0. The Morgan fingerprint density at radius 2 is 2.38 bits per heavy atom. The highest BCUT2D eigenvalue weighted by Gasteiger charge is 1.97. The summed E-state index contributed by atoms with van der Waals surface area (Å²) >= 11 is 0. The van der Waals surface area contributed by atoms with Crippen molar-refractivity contribution >= 4 is 0 Å². The maximum absolute atomic E-state index is 5.45. The minimum Gasteiger partial charge on any atom is -0.381 e. The lowest BCUT2D eigenvalue weighted by molar-refractivity contribution is 0.149. The van der Waals surface area contributed by atoms with E-state index in [1.807, 2.05) is 13.0 Å². The molecule has 0 bridgehead atoms.